The van der Waals surface area contributed by atoms with Crippen molar-refractivity contribution in [3.63, 3.8) is 0 Å². The molecule has 1 amide bonds. The fourth-order valence-corrected chi connectivity index (χ4v) is 4.52. The van der Waals surface area contributed by atoms with Gasteiger partial charge in [-0.3, -0.25) is 14.7 Å². The number of hydrogen-bond acceptors (Lipinski definition) is 3. The zero-order valence-corrected chi connectivity index (χ0v) is 15.1. The first-order valence-electron chi connectivity index (χ1n) is 9.26. The quantitative estimate of drug-likeness (QED) is 0.755. The van der Waals surface area contributed by atoms with E-state index in [-0.39, 0.29) is 17.4 Å². The van der Waals surface area contributed by atoms with Gasteiger partial charge in [0.15, 0.2) is 0 Å². The van der Waals surface area contributed by atoms with Gasteiger partial charge in [0.05, 0.1) is 5.69 Å². The lowest BCUT2D eigenvalue weighted by atomic mass is 9.83. The number of likely N-dealkylation sites (tertiary alicyclic amines) is 1. The van der Waals surface area contributed by atoms with E-state index in [1.807, 2.05) is 57.6 Å². The first kappa shape index (κ1) is 16.1. The van der Waals surface area contributed by atoms with E-state index in [1.54, 1.807) is 6.07 Å². The van der Waals surface area contributed by atoms with Crippen LogP contribution in [0.1, 0.15) is 28.5 Å². The van der Waals surface area contributed by atoms with E-state index in [9.17, 15) is 9.59 Å². The van der Waals surface area contributed by atoms with Crippen LogP contribution in [0.15, 0.2) is 47.4 Å². The maximum atomic E-state index is 13.1. The molecule has 5 rings (SSSR count). The van der Waals surface area contributed by atoms with Crippen molar-refractivity contribution in [1.29, 1.82) is 0 Å². The lowest BCUT2D eigenvalue weighted by molar-refractivity contribution is 0.0588. The summed E-state index contributed by atoms with van der Waals surface area (Å²) in [5, 5.41) is 7.22. The molecule has 0 saturated carbocycles. The lowest BCUT2D eigenvalue weighted by Gasteiger charge is -2.42. The Morgan fingerprint density at radius 3 is 2.89 bits per heavy atom. The van der Waals surface area contributed by atoms with Crippen LogP contribution in [-0.4, -0.2) is 43.2 Å². The molecule has 2 unspecified atom stereocenters. The predicted molar refractivity (Wildman–Crippen MR) is 100 cm³/mol. The number of aromatic amines is 1. The number of nitrogens with zero attached hydrogens (tertiary/aromatic N) is 4. The summed E-state index contributed by atoms with van der Waals surface area (Å²) in [5.41, 5.74) is 3.35. The molecule has 7 heteroatoms. The van der Waals surface area contributed by atoms with Crippen LogP contribution in [0, 0.1) is 5.92 Å². The highest BCUT2D eigenvalue weighted by atomic mass is 16.2. The summed E-state index contributed by atoms with van der Waals surface area (Å²) in [4.78, 5) is 27.1. The van der Waals surface area contributed by atoms with Gasteiger partial charge in [-0.15, -0.1) is 0 Å². The summed E-state index contributed by atoms with van der Waals surface area (Å²) in [6.07, 6.45) is 2.99. The minimum atomic E-state index is -0.0237. The Morgan fingerprint density at radius 1 is 1.19 bits per heavy atom. The molecule has 1 fully saturated rings. The van der Waals surface area contributed by atoms with E-state index in [0.29, 0.717) is 31.2 Å². The van der Waals surface area contributed by atoms with Crippen LogP contribution in [0.5, 0.6) is 0 Å². The van der Waals surface area contributed by atoms with Crippen molar-refractivity contribution in [2.45, 2.75) is 18.9 Å². The molecule has 0 aliphatic carbocycles. The van der Waals surface area contributed by atoms with Gasteiger partial charge in [0.25, 0.3) is 11.5 Å². The summed E-state index contributed by atoms with van der Waals surface area (Å²) < 4.78 is 3.86. The molecule has 0 spiro atoms. The zero-order valence-electron chi connectivity index (χ0n) is 15.1. The van der Waals surface area contributed by atoms with Gasteiger partial charge in [-0.05, 0) is 36.6 Å². The highest BCUT2D eigenvalue weighted by Gasteiger charge is 2.36. The molecule has 2 aliphatic heterocycles. The van der Waals surface area contributed by atoms with Gasteiger partial charge >= 0.3 is 0 Å². The number of amides is 1. The second-order valence-electron chi connectivity index (χ2n) is 7.58. The summed E-state index contributed by atoms with van der Waals surface area (Å²) in [6.45, 7) is 2.00. The standard InChI is InChI=1S/C20H21N5O2/c1-23-7-3-5-18(23)15-9-16(22-21-15)20(27)24-10-13-8-14(12-24)17-4-2-6-19(26)25(17)11-13/h2-7,9,13-14H,8,10-12H2,1H3,(H,21,22). The number of nitrogens with one attached hydrogen (secondary N) is 1. The maximum absolute atomic E-state index is 13.1. The number of piperidine rings is 1. The monoisotopic (exact) mass is 363 g/mol. The van der Waals surface area contributed by atoms with Gasteiger partial charge in [-0.2, -0.15) is 5.10 Å². The van der Waals surface area contributed by atoms with Crippen molar-refractivity contribution >= 4 is 5.91 Å². The van der Waals surface area contributed by atoms with E-state index >= 15 is 0 Å². The number of pyridine rings is 1. The molecule has 1 saturated heterocycles. The van der Waals surface area contributed by atoms with Crippen molar-refractivity contribution < 1.29 is 4.79 Å². The molecule has 3 aromatic heterocycles. The van der Waals surface area contributed by atoms with Crippen molar-refractivity contribution in [2.75, 3.05) is 13.1 Å². The van der Waals surface area contributed by atoms with Gasteiger partial charge < -0.3 is 14.0 Å². The molecular formula is C20H21N5O2. The van der Waals surface area contributed by atoms with Crippen LogP contribution in [0.4, 0.5) is 0 Å². The fourth-order valence-electron chi connectivity index (χ4n) is 4.52. The summed E-state index contributed by atoms with van der Waals surface area (Å²) in [6, 6.07) is 11.2. The minimum Gasteiger partial charge on any atom is -0.349 e. The van der Waals surface area contributed by atoms with Gasteiger partial charge in [0, 0.05) is 50.6 Å². The number of hydrogen-bond donors (Lipinski definition) is 1. The Morgan fingerprint density at radius 2 is 2.07 bits per heavy atom. The van der Waals surface area contributed by atoms with Crippen LogP contribution < -0.4 is 5.56 Å². The number of aromatic nitrogens is 4. The average Bonchev–Trinajstić information content (AvgIpc) is 3.30. The number of H-pyrrole nitrogens is 1. The van der Waals surface area contributed by atoms with E-state index in [4.69, 9.17) is 0 Å². The number of rotatable bonds is 2. The molecule has 7 nitrogen and oxygen atoms in total. The van der Waals surface area contributed by atoms with Crippen molar-refractivity contribution in [1.82, 2.24) is 24.2 Å². The van der Waals surface area contributed by atoms with Crippen LogP contribution in [0.2, 0.25) is 0 Å². The summed E-state index contributed by atoms with van der Waals surface area (Å²) in [7, 11) is 1.96. The van der Waals surface area contributed by atoms with Crippen LogP contribution in [-0.2, 0) is 13.6 Å². The van der Waals surface area contributed by atoms with Crippen molar-refractivity contribution in [3.8, 4) is 11.4 Å². The third kappa shape index (κ3) is 2.61. The molecule has 0 radical (unpaired) electrons. The van der Waals surface area contributed by atoms with Gasteiger partial charge in [0.2, 0.25) is 0 Å². The molecular weight excluding hydrogens is 342 g/mol. The van der Waals surface area contributed by atoms with Gasteiger partial charge in [0.1, 0.15) is 11.4 Å². The number of fused-ring (bicyclic) bond motifs is 4. The molecule has 2 bridgehead atoms. The zero-order chi connectivity index (χ0) is 18.5. The number of carbonyl (C=O) groups excluding carboxylic acids is 1. The fraction of sp³-hybridized carbons (Fsp3) is 0.350. The third-order valence-electron chi connectivity index (χ3n) is 5.78. The Bertz CT molecular complexity index is 1080. The number of carbonyl (C=O) groups is 1. The lowest BCUT2D eigenvalue weighted by Crippen LogP contribution is -2.49. The van der Waals surface area contributed by atoms with Crippen molar-refractivity contribution in [2.24, 2.45) is 13.0 Å². The molecule has 1 N–H and O–H groups in total. The van der Waals surface area contributed by atoms with E-state index in [2.05, 4.69) is 10.2 Å². The topological polar surface area (TPSA) is 75.9 Å². The van der Waals surface area contributed by atoms with E-state index in [1.165, 1.54) is 0 Å². The Hall–Kier alpha value is -3.09. The van der Waals surface area contributed by atoms with Gasteiger partial charge in [-0.1, -0.05) is 6.07 Å². The summed E-state index contributed by atoms with van der Waals surface area (Å²) >= 11 is 0. The van der Waals surface area contributed by atoms with E-state index in [0.717, 1.165) is 23.5 Å². The average molecular weight is 363 g/mol. The second-order valence-corrected chi connectivity index (χ2v) is 7.58. The summed E-state index contributed by atoms with van der Waals surface area (Å²) in [5.74, 6) is 0.505. The highest BCUT2D eigenvalue weighted by Crippen LogP contribution is 2.35. The molecule has 5 heterocycles. The molecule has 0 aromatic carbocycles. The molecule has 3 aromatic rings. The van der Waals surface area contributed by atoms with E-state index < -0.39 is 0 Å². The molecule has 27 heavy (non-hydrogen) atoms. The van der Waals surface area contributed by atoms with Crippen LogP contribution in [0.3, 0.4) is 0 Å². The first-order chi connectivity index (χ1) is 13.1. The van der Waals surface area contributed by atoms with Crippen molar-refractivity contribution in [3.05, 3.63) is 64.3 Å². The molecule has 2 atom stereocenters. The largest absolute Gasteiger partial charge is 0.349 e. The smallest absolute Gasteiger partial charge is 0.271 e. The Kier molecular flexibility index (Phi) is 3.56. The number of aryl methyl sites for hydroxylation is 1. The Labute approximate surface area is 156 Å². The van der Waals surface area contributed by atoms with Gasteiger partial charge in [-0.25, -0.2) is 0 Å². The Balaban J connectivity index is 1.41. The van der Waals surface area contributed by atoms with Crippen LogP contribution in [0.25, 0.3) is 11.4 Å². The second kappa shape index (κ2) is 5.97. The van der Waals surface area contributed by atoms with Crippen LogP contribution >= 0.6 is 0 Å². The SMILES string of the molecule is Cn1cccc1-c1cc(C(=O)N2CC3CC(C2)c2cccc(=O)n2C3)[nH]n1. The first-order valence-corrected chi connectivity index (χ1v) is 9.26. The molecule has 2 aliphatic rings. The molecule has 138 valence electrons. The highest BCUT2D eigenvalue weighted by molar-refractivity contribution is 5.93. The predicted octanol–water partition coefficient (Wildman–Crippen LogP) is 1.84. The third-order valence-corrected chi connectivity index (χ3v) is 5.78. The minimum absolute atomic E-state index is 0.0237. The maximum Gasteiger partial charge on any atom is 0.271 e. The normalized spacial score (nSPS) is 21.1.